The number of methoxy groups -OCH3 is 1. The lowest BCUT2D eigenvalue weighted by Crippen LogP contribution is -2.02. The van der Waals surface area contributed by atoms with Gasteiger partial charge in [0.15, 0.2) is 7.11 Å². The third-order valence-corrected chi connectivity index (χ3v) is 2.12. The molecule has 0 saturated heterocycles. The highest BCUT2D eigenvalue weighted by molar-refractivity contribution is 6.27. The fraction of sp³-hybridized carbons (Fsp3) is 0.200. The average Bonchev–Trinajstić information content (AvgIpc) is 2.28. The standard InChI is InChI=1S/C10H10ClNO4/c1-7(15-2)16-10(11)8-3-5-9(6-4-8)12(13)14/h3-6H,1-2H3. The molecule has 0 aliphatic carbocycles. The molecular formula is C10H10ClNO4. The minimum Gasteiger partial charge on any atom is -0.368 e. The van der Waals surface area contributed by atoms with Crippen LogP contribution in [0.1, 0.15) is 12.5 Å². The van der Waals surface area contributed by atoms with Gasteiger partial charge in [-0.2, -0.15) is 0 Å². The predicted octanol–water partition coefficient (Wildman–Crippen LogP) is 2.40. The number of ether oxygens (including phenoxy) is 1. The molecule has 0 aromatic heterocycles. The van der Waals surface area contributed by atoms with E-state index >= 15 is 0 Å². The Morgan fingerprint density at radius 3 is 2.50 bits per heavy atom. The molecular weight excluding hydrogens is 234 g/mol. The molecule has 0 atom stereocenters. The van der Waals surface area contributed by atoms with E-state index in [4.69, 9.17) is 20.8 Å². The Balaban J connectivity index is 2.85. The summed E-state index contributed by atoms with van der Waals surface area (Å²) in [5.74, 6) is 0.295. The molecule has 86 valence electrons. The van der Waals surface area contributed by atoms with Crippen LogP contribution in [-0.2, 0) is 9.16 Å². The van der Waals surface area contributed by atoms with Crippen LogP contribution in [0.4, 0.5) is 5.69 Å². The van der Waals surface area contributed by atoms with Crippen LogP contribution in [0.2, 0.25) is 0 Å². The summed E-state index contributed by atoms with van der Waals surface area (Å²) in [5, 5.41) is 10.4. The first-order valence-electron chi connectivity index (χ1n) is 4.37. The molecule has 1 aromatic rings. The van der Waals surface area contributed by atoms with Gasteiger partial charge in [0.05, 0.1) is 11.8 Å². The van der Waals surface area contributed by atoms with Crippen LogP contribution in [-0.4, -0.2) is 18.0 Å². The lowest BCUT2D eigenvalue weighted by Gasteiger charge is -2.05. The minimum atomic E-state index is -0.481. The van der Waals surface area contributed by atoms with E-state index in [0.29, 0.717) is 11.5 Å². The van der Waals surface area contributed by atoms with Crippen LogP contribution < -0.4 is 0 Å². The summed E-state index contributed by atoms with van der Waals surface area (Å²) in [6.07, 6.45) is 0. The highest BCUT2D eigenvalue weighted by Crippen LogP contribution is 2.21. The predicted molar refractivity (Wildman–Crippen MR) is 59.0 cm³/mol. The average molecular weight is 244 g/mol. The number of nitro benzene ring substituents is 1. The Bertz CT molecular complexity index is 402. The van der Waals surface area contributed by atoms with Crippen molar-refractivity contribution >= 4 is 23.3 Å². The second-order valence-electron chi connectivity index (χ2n) is 2.88. The molecule has 0 fully saturated rings. The summed E-state index contributed by atoms with van der Waals surface area (Å²) >= 11 is 5.84. The van der Waals surface area contributed by atoms with Gasteiger partial charge in [-0.05, 0) is 12.1 Å². The van der Waals surface area contributed by atoms with Crippen molar-refractivity contribution < 1.29 is 14.1 Å². The molecule has 0 aliphatic heterocycles. The van der Waals surface area contributed by atoms with E-state index in [0.717, 1.165) is 0 Å². The van der Waals surface area contributed by atoms with Gasteiger partial charge in [0, 0.05) is 0 Å². The van der Waals surface area contributed by atoms with Gasteiger partial charge in [0.1, 0.15) is 0 Å². The number of nitro groups is 1. The van der Waals surface area contributed by atoms with Crippen molar-refractivity contribution in [3.63, 3.8) is 0 Å². The second-order valence-corrected chi connectivity index (χ2v) is 3.22. The van der Waals surface area contributed by atoms with Crippen molar-refractivity contribution in [3.05, 3.63) is 45.5 Å². The van der Waals surface area contributed by atoms with E-state index in [-0.39, 0.29) is 11.3 Å². The van der Waals surface area contributed by atoms with E-state index in [1.54, 1.807) is 6.92 Å². The highest BCUT2D eigenvalue weighted by Gasteiger charge is 2.10. The number of nitrogens with zero attached hydrogens (tertiary/aromatic N) is 1. The molecule has 1 rings (SSSR count). The normalized spacial score (nSPS) is 11.1. The lowest BCUT2D eigenvalue weighted by atomic mass is 10.2. The number of hydrogen-bond acceptors (Lipinski definition) is 3. The molecule has 0 unspecified atom stereocenters. The number of esters is 1. The van der Waals surface area contributed by atoms with Crippen LogP contribution in [0.15, 0.2) is 24.3 Å². The Hall–Kier alpha value is -1.75. The molecule has 1 aromatic carbocycles. The number of carbonyl (C=O) groups excluding carboxylic acids is 1. The van der Waals surface area contributed by atoms with Crippen molar-refractivity contribution in [1.82, 2.24) is 0 Å². The van der Waals surface area contributed by atoms with E-state index in [1.165, 1.54) is 31.4 Å². The SMILES string of the molecule is COC(C)=[O+][C-](Cl)c1ccc([N+](=O)[O-])cc1. The van der Waals surface area contributed by atoms with Gasteiger partial charge in [-0.15, -0.1) is 12.1 Å². The maximum absolute atomic E-state index is 10.4. The van der Waals surface area contributed by atoms with E-state index in [2.05, 4.69) is 0 Å². The number of halogens is 1. The fourth-order valence-electron chi connectivity index (χ4n) is 0.941. The molecule has 0 aliphatic rings. The molecule has 0 bridgehead atoms. The molecule has 5 nitrogen and oxygen atoms in total. The van der Waals surface area contributed by atoms with Crippen molar-refractivity contribution in [2.45, 2.75) is 6.92 Å². The molecule has 0 N–H and O–H groups in total. The highest BCUT2D eigenvalue weighted by atomic mass is 35.5. The van der Waals surface area contributed by atoms with E-state index < -0.39 is 4.92 Å². The smallest absolute Gasteiger partial charge is 0.368 e. The third kappa shape index (κ3) is 3.13. The van der Waals surface area contributed by atoms with Crippen LogP contribution in [0.3, 0.4) is 0 Å². The fourth-order valence-corrected chi connectivity index (χ4v) is 1.18. The summed E-state index contributed by atoms with van der Waals surface area (Å²) in [5.41, 5.74) is 0.651. The Labute approximate surface area is 97.4 Å². The Kier molecular flexibility index (Phi) is 4.13. The summed E-state index contributed by atoms with van der Waals surface area (Å²) in [6.45, 7) is 1.60. The summed E-state index contributed by atoms with van der Waals surface area (Å²) in [6, 6.07) is 5.71. The molecule has 6 heteroatoms. The number of hydrogen-bond donors (Lipinski definition) is 0. The number of non-ortho nitro benzene ring substituents is 1. The minimum absolute atomic E-state index is 0.000611. The maximum atomic E-state index is 10.4. The quantitative estimate of drug-likeness (QED) is 0.269. The topological polar surface area (TPSA) is 63.7 Å². The van der Waals surface area contributed by atoms with Crippen molar-refractivity contribution in [2.75, 3.05) is 7.11 Å². The Morgan fingerprint density at radius 2 is 2.06 bits per heavy atom. The molecule has 16 heavy (non-hydrogen) atoms. The molecule has 0 amide bonds. The van der Waals surface area contributed by atoms with E-state index in [9.17, 15) is 10.1 Å². The maximum Gasteiger partial charge on any atom is 0.414 e. The molecule has 0 saturated carbocycles. The first-order valence-corrected chi connectivity index (χ1v) is 4.75. The van der Waals surface area contributed by atoms with Crippen molar-refractivity contribution in [2.24, 2.45) is 0 Å². The van der Waals surface area contributed by atoms with Gasteiger partial charge in [0.25, 0.3) is 5.69 Å². The van der Waals surface area contributed by atoms with Gasteiger partial charge < -0.3 is 9.16 Å². The zero-order valence-electron chi connectivity index (χ0n) is 8.77. The van der Waals surface area contributed by atoms with Crippen molar-refractivity contribution in [3.8, 4) is 0 Å². The van der Waals surface area contributed by atoms with Crippen LogP contribution in [0, 0.1) is 15.7 Å². The van der Waals surface area contributed by atoms with Crippen LogP contribution >= 0.6 is 11.6 Å². The second kappa shape index (κ2) is 5.37. The van der Waals surface area contributed by atoms with Crippen LogP contribution in [0.25, 0.3) is 0 Å². The first kappa shape index (κ1) is 12.3. The van der Waals surface area contributed by atoms with E-state index in [1.807, 2.05) is 0 Å². The molecule has 0 radical (unpaired) electrons. The number of rotatable bonds is 3. The first-order chi connectivity index (χ1) is 7.54. The van der Waals surface area contributed by atoms with Gasteiger partial charge in [-0.1, -0.05) is 17.2 Å². The summed E-state index contributed by atoms with van der Waals surface area (Å²) < 4.78 is 9.88. The molecule has 0 heterocycles. The number of benzene rings is 1. The Morgan fingerprint density at radius 1 is 1.50 bits per heavy atom. The van der Waals surface area contributed by atoms with Gasteiger partial charge in [-0.3, -0.25) is 10.1 Å². The third-order valence-electron chi connectivity index (χ3n) is 1.83. The van der Waals surface area contributed by atoms with Crippen LogP contribution in [0.5, 0.6) is 0 Å². The monoisotopic (exact) mass is 243 g/mol. The summed E-state index contributed by atoms with van der Waals surface area (Å²) in [4.78, 5) is 9.94. The zero-order chi connectivity index (χ0) is 12.1. The van der Waals surface area contributed by atoms with Crippen molar-refractivity contribution in [1.29, 1.82) is 0 Å². The summed E-state index contributed by atoms with van der Waals surface area (Å²) in [7, 11) is 1.45. The van der Waals surface area contributed by atoms with Gasteiger partial charge in [0.2, 0.25) is 5.56 Å². The largest absolute Gasteiger partial charge is 0.414 e. The van der Waals surface area contributed by atoms with Gasteiger partial charge in [-0.25, -0.2) is 0 Å². The zero-order valence-corrected chi connectivity index (χ0v) is 9.52. The van der Waals surface area contributed by atoms with Gasteiger partial charge >= 0.3 is 5.97 Å². The molecule has 0 spiro atoms. The lowest BCUT2D eigenvalue weighted by molar-refractivity contribution is -0.427.